The molecule has 4 nitrogen and oxygen atoms in total. The number of nitrogens with two attached hydrogens (primary N) is 1. The van der Waals surface area contributed by atoms with Gasteiger partial charge in [0.1, 0.15) is 0 Å². The Morgan fingerprint density at radius 2 is 2.11 bits per heavy atom. The molecule has 0 radical (unpaired) electrons. The van der Waals surface area contributed by atoms with E-state index in [0.29, 0.717) is 6.61 Å². The number of para-hydroxylation sites is 1. The van der Waals surface area contributed by atoms with Gasteiger partial charge in [-0.1, -0.05) is 31.2 Å². The van der Waals surface area contributed by atoms with Crippen molar-refractivity contribution in [2.75, 3.05) is 13.2 Å². The summed E-state index contributed by atoms with van der Waals surface area (Å²) in [6.07, 6.45) is 1.79. The largest absolute Gasteiger partial charge is 0.380 e. The van der Waals surface area contributed by atoms with E-state index in [-0.39, 0.29) is 6.04 Å². The van der Waals surface area contributed by atoms with Gasteiger partial charge in [-0.05, 0) is 18.6 Å². The van der Waals surface area contributed by atoms with Crippen LogP contribution in [0.5, 0.6) is 0 Å². The summed E-state index contributed by atoms with van der Waals surface area (Å²) in [6.45, 7) is 3.47. The van der Waals surface area contributed by atoms with Crippen LogP contribution in [-0.2, 0) is 11.2 Å². The molecular formula is C15H21N3O. The molecule has 0 aliphatic heterocycles. The van der Waals surface area contributed by atoms with E-state index in [4.69, 9.17) is 10.6 Å². The van der Waals surface area contributed by atoms with Gasteiger partial charge in [0.25, 0.3) is 0 Å². The fourth-order valence-corrected chi connectivity index (χ4v) is 2.01. The molecule has 0 spiro atoms. The summed E-state index contributed by atoms with van der Waals surface area (Å²) < 4.78 is 5.53. The first kappa shape index (κ1) is 13.9. The van der Waals surface area contributed by atoms with E-state index in [1.54, 1.807) is 0 Å². The normalized spacial score (nSPS) is 12.7. The number of pyridine rings is 1. The quantitative estimate of drug-likeness (QED) is 0.454. The van der Waals surface area contributed by atoms with Crippen molar-refractivity contribution >= 4 is 10.9 Å². The second-order valence-corrected chi connectivity index (χ2v) is 4.64. The smallest absolute Gasteiger partial charge is 0.0705 e. The molecule has 1 aromatic heterocycles. The number of nitrogens with one attached hydrogen (secondary N) is 1. The molecule has 0 amide bonds. The zero-order valence-corrected chi connectivity index (χ0v) is 11.3. The van der Waals surface area contributed by atoms with Crippen molar-refractivity contribution in [2.45, 2.75) is 25.8 Å². The molecule has 102 valence electrons. The zero-order valence-electron chi connectivity index (χ0n) is 11.3. The highest BCUT2D eigenvalue weighted by Crippen LogP contribution is 2.12. The Morgan fingerprint density at radius 3 is 2.89 bits per heavy atom. The van der Waals surface area contributed by atoms with Crippen LogP contribution in [0.4, 0.5) is 0 Å². The van der Waals surface area contributed by atoms with Gasteiger partial charge in [0.15, 0.2) is 0 Å². The van der Waals surface area contributed by atoms with E-state index < -0.39 is 0 Å². The summed E-state index contributed by atoms with van der Waals surface area (Å²) >= 11 is 0. The molecule has 4 heteroatoms. The van der Waals surface area contributed by atoms with Gasteiger partial charge < -0.3 is 4.74 Å². The van der Waals surface area contributed by atoms with E-state index in [2.05, 4.69) is 29.5 Å². The number of hydrogen-bond acceptors (Lipinski definition) is 4. The number of hydrazine groups is 1. The van der Waals surface area contributed by atoms with Crippen molar-refractivity contribution in [1.29, 1.82) is 0 Å². The van der Waals surface area contributed by atoms with Crippen molar-refractivity contribution in [2.24, 2.45) is 5.84 Å². The average molecular weight is 259 g/mol. The van der Waals surface area contributed by atoms with Gasteiger partial charge in [0.2, 0.25) is 0 Å². The molecule has 1 aromatic carbocycles. The highest BCUT2D eigenvalue weighted by atomic mass is 16.5. The van der Waals surface area contributed by atoms with Crippen LogP contribution < -0.4 is 11.3 Å². The van der Waals surface area contributed by atoms with Gasteiger partial charge in [-0.2, -0.15) is 0 Å². The molecule has 0 fully saturated rings. The van der Waals surface area contributed by atoms with E-state index >= 15 is 0 Å². The Kier molecular flexibility index (Phi) is 5.27. The minimum Gasteiger partial charge on any atom is -0.380 e. The summed E-state index contributed by atoms with van der Waals surface area (Å²) in [4.78, 5) is 4.64. The SMILES string of the molecule is CCCOCC(Cc1ccc2ccccc2n1)NN. The molecule has 0 bridgehead atoms. The van der Waals surface area contributed by atoms with Crippen molar-refractivity contribution in [3.8, 4) is 0 Å². The molecular weight excluding hydrogens is 238 g/mol. The van der Waals surface area contributed by atoms with Crippen LogP contribution in [0.15, 0.2) is 36.4 Å². The number of hydrogen-bond donors (Lipinski definition) is 2. The first-order chi connectivity index (χ1) is 9.33. The monoisotopic (exact) mass is 259 g/mol. The zero-order chi connectivity index (χ0) is 13.5. The topological polar surface area (TPSA) is 60.2 Å². The van der Waals surface area contributed by atoms with Gasteiger partial charge in [0, 0.05) is 30.1 Å². The van der Waals surface area contributed by atoms with Gasteiger partial charge in [-0.15, -0.1) is 0 Å². The maximum absolute atomic E-state index is 5.56. The highest BCUT2D eigenvalue weighted by Gasteiger charge is 2.09. The number of rotatable bonds is 7. The first-order valence-corrected chi connectivity index (χ1v) is 6.72. The molecule has 0 saturated heterocycles. The van der Waals surface area contributed by atoms with E-state index in [1.807, 2.05) is 24.3 Å². The maximum atomic E-state index is 5.56. The van der Waals surface area contributed by atoms with Crippen LogP contribution in [0.3, 0.4) is 0 Å². The van der Waals surface area contributed by atoms with Gasteiger partial charge in [-0.3, -0.25) is 16.3 Å². The number of benzene rings is 1. The molecule has 1 heterocycles. The minimum atomic E-state index is 0.0974. The molecule has 19 heavy (non-hydrogen) atoms. The van der Waals surface area contributed by atoms with Crippen LogP contribution in [0.2, 0.25) is 0 Å². The molecule has 3 N–H and O–H groups in total. The summed E-state index contributed by atoms with van der Waals surface area (Å²) in [7, 11) is 0. The molecule has 0 aliphatic rings. The predicted octanol–water partition coefficient (Wildman–Crippen LogP) is 2.04. The van der Waals surface area contributed by atoms with Crippen molar-refractivity contribution < 1.29 is 4.74 Å². The minimum absolute atomic E-state index is 0.0974. The lowest BCUT2D eigenvalue weighted by Gasteiger charge is -2.15. The Hall–Kier alpha value is -1.49. The second-order valence-electron chi connectivity index (χ2n) is 4.64. The molecule has 2 aromatic rings. The molecule has 1 unspecified atom stereocenters. The van der Waals surface area contributed by atoms with Crippen molar-refractivity contribution in [1.82, 2.24) is 10.4 Å². The fourth-order valence-electron chi connectivity index (χ4n) is 2.01. The molecule has 0 aliphatic carbocycles. The standard InChI is InChI=1S/C15H21N3O/c1-2-9-19-11-14(18-16)10-13-8-7-12-5-3-4-6-15(12)17-13/h3-8,14,18H,2,9-11,16H2,1H3. The molecule has 0 saturated carbocycles. The van der Waals surface area contributed by atoms with Gasteiger partial charge in [0.05, 0.1) is 12.1 Å². The Morgan fingerprint density at radius 1 is 1.26 bits per heavy atom. The average Bonchev–Trinajstić information content (AvgIpc) is 2.46. The predicted molar refractivity (Wildman–Crippen MR) is 77.7 cm³/mol. The second kappa shape index (κ2) is 7.19. The van der Waals surface area contributed by atoms with E-state index in [9.17, 15) is 0 Å². The summed E-state index contributed by atoms with van der Waals surface area (Å²) in [5.41, 5.74) is 4.84. The highest BCUT2D eigenvalue weighted by molar-refractivity contribution is 5.78. The van der Waals surface area contributed by atoms with Crippen LogP contribution in [0.1, 0.15) is 19.0 Å². The van der Waals surface area contributed by atoms with Crippen molar-refractivity contribution in [3.05, 3.63) is 42.1 Å². The van der Waals surface area contributed by atoms with Crippen LogP contribution >= 0.6 is 0 Å². The number of fused-ring (bicyclic) bond motifs is 1. The lowest BCUT2D eigenvalue weighted by molar-refractivity contribution is 0.111. The van der Waals surface area contributed by atoms with E-state index in [1.165, 1.54) is 0 Å². The maximum Gasteiger partial charge on any atom is 0.0705 e. The first-order valence-electron chi connectivity index (χ1n) is 6.72. The number of ether oxygens (including phenoxy) is 1. The number of nitrogens with zero attached hydrogens (tertiary/aromatic N) is 1. The van der Waals surface area contributed by atoms with Gasteiger partial charge >= 0.3 is 0 Å². The lowest BCUT2D eigenvalue weighted by atomic mass is 10.1. The van der Waals surface area contributed by atoms with E-state index in [0.717, 1.165) is 36.0 Å². The number of aromatic nitrogens is 1. The Labute approximate surface area is 113 Å². The van der Waals surface area contributed by atoms with Crippen molar-refractivity contribution in [3.63, 3.8) is 0 Å². The molecule has 2 rings (SSSR count). The Balaban J connectivity index is 2.02. The third-order valence-electron chi connectivity index (χ3n) is 3.01. The Bertz CT molecular complexity index is 515. The van der Waals surface area contributed by atoms with Crippen LogP contribution in [0.25, 0.3) is 10.9 Å². The summed E-state index contributed by atoms with van der Waals surface area (Å²) in [6, 6.07) is 12.4. The third-order valence-corrected chi connectivity index (χ3v) is 3.01. The molecule has 1 atom stereocenters. The lowest BCUT2D eigenvalue weighted by Crippen LogP contribution is -2.40. The fraction of sp³-hybridized carbons (Fsp3) is 0.400. The summed E-state index contributed by atoms with van der Waals surface area (Å²) in [5.74, 6) is 5.56. The van der Waals surface area contributed by atoms with Crippen LogP contribution in [0, 0.1) is 0 Å². The van der Waals surface area contributed by atoms with Gasteiger partial charge in [-0.25, -0.2) is 0 Å². The van der Waals surface area contributed by atoms with Crippen LogP contribution in [-0.4, -0.2) is 24.2 Å². The third kappa shape index (κ3) is 3.99. The summed E-state index contributed by atoms with van der Waals surface area (Å²) in [5, 5.41) is 1.16.